The maximum atomic E-state index is 12.8. The van der Waals surface area contributed by atoms with Gasteiger partial charge in [0.2, 0.25) is 0 Å². The van der Waals surface area contributed by atoms with Gasteiger partial charge in [-0.15, -0.1) is 5.10 Å². The normalized spacial score (nSPS) is 12.3. The van der Waals surface area contributed by atoms with Crippen molar-refractivity contribution in [1.82, 2.24) is 24.5 Å². The van der Waals surface area contributed by atoms with Crippen molar-refractivity contribution in [3.8, 4) is 0 Å². The molecule has 2 aromatic rings. The number of aromatic nitrogens is 5. The van der Waals surface area contributed by atoms with E-state index in [0.29, 0.717) is 11.5 Å². The van der Waals surface area contributed by atoms with Gasteiger partial charge >= 0.3 is 6.55 Å². The number of nitrogen functional groups attached to an aromatic ring is 1. The number of alkyl halides is 2. The Morgan fingerprint density at radius 2 is 2.05 bits per heavy atom. The molecule has 0 bridgehead atoms. The summed E-state index contributed by atoms with van der Waals surface area (Å²) in [5.41, 5.74) is 6.21. The first-order chi connectivity index (χ1) is 8.80. The summed E-state index contributed by atoms with van der Waals surface area (Å²) in [6.45, 7) is 3.35. The number of hydrogen-bond acceptors (Lipinski definition) is 4. The van der Waals surface area contributed by atoms with E-state index in [-0.39, 0.29) is 17.8 Å². The maximum Gasteiger partial charge on any atom is 0.319 e. The van der Waals surface area contributed by atoms with E-state index < -0.39 is 6.55 Å². The Hall–Kier alpha value is -1.99. The molecule has 6 nitrogen and oxygen atoms in total. The summed E-state index contributed by atoms with van der Waals surface area (Å²) >= 11 is 0. The predicted molar refractivity (Wildman–Crippen MR) is 65.7 cm³/mol. The van der Waals surface area contributed by atoms with Gasteiger partial charge in [-0.05, 0) is 0 Å². The van der Waals surface area contributed by atoms with E-state index >= 15 is 0 Å². The van der Waals surface area contributed by atoms with Crippen molar-refractivity contribution in [2.45, 2.75) is 39.3 Å². The number of halogens is 2. The average molecular weight is 270 g/mol. The van der Waals surface area contributed by atoms with Gasteiger partial charge in [0.15, 0.2) is 5.82 Å². The molecule has 0 saturated heterocycles. The second kappa shape index (κ2) is 4.60. The van der Waals surface area contributed by atoms with Crippen LogP contribution in [0.3, 0.4) is 0 Å². The van der Waals surface area contributed by atoms with Crippen molar-refractivity contribution in [2.24, 2.45) is 0 Å². The largest absolute Gasteiger partial charge is 0.381 e. The third kappa shape index (κ3) is 2.56. The molecular formula is C11H16F2N6. The molecule has 0 atom stereocenters. The lowest BCUT2D eigenvalue weighted by atomic mass is 9.92. The second-order valence-electron chi connectivity index (χ2n) is 5.26. The Labute approximate surface area is 109 Å². The Kier molecular flexibility index (Phi) is 3.25. The molecule has 0 aliphatic heterocycles. The molecule has 19 heavy (non-hydrogen) atoms. The lowest BCUT2D eigenvalue weighted by molar-refractivity contribution is 0.0665. The number of anilines is 1. The van der Waals surface area contributed by atoms with Gasteiger partial charge in [-0.1, -0.05) is 26.0 Å². The zero-order valence-electron chi connectivity index (χ0n) is 11.0. The minimum Gasteiger partial charge on any atom is -0.381 e. The second-order valence-corrected chi connectivity index (χ2v) is 5.26. The molecule has 0 aromatic carbocycles. The van der Waals surface area contributed by atoms with Crippen LogP contribution < -0.4 is 5.73 Å². The van der Waals surface area contributed by atoms with Crippen LogP contribution in [0.25, 0.3) is 0 Å². The lowest BCUT2D eigenvalue weighted by Gasteiger charge is -2.20. The fourth-order valence-electron chi connectivity index (χ4n) is 1.99. The molecule has 104 valence electrons. The van der Waals surface area contributed by atoms with Crippen molar-refractivity contribution in [2.75, 3.05) is 5.73 Å². The standard InChI is InChI=1S/C11H16F2N6/c1-11(2,3)8-9(14)16-17-19(8)6-7-15-4-5-18(7)10(12)13/h4-5,10H,6,14H2,1-3H3. The van der Waals surface area contributed by atoms with Crippen LogP contribution >= 0.6 is 0 Å². The summed E-state index contributed by atoms with van der Waals surface area (Å²) in [7, 11) is 0. The minimum atomic E-state index is -2.63. The molecular weight excluding hydrogens is 254 g/mol. The SMILES string of the molecule is CC(C)(C)c1c(N)nnn1Cc1nccn1C(F)F. The van der Waals surface area contributed by atoms with Crippen LogP contribution in [0.2, 0.25) is 0 Å². The molecule has 0 aliphatic rings. The monoisotopic (exact) mass is 270 g/mol. The van der Waals surface area contributed by atoms with Gasteiger partial charge in [0.25, 0.3) is 0 Å². The van der Waals surface area contributed by atoms with Gasteiger partial charge in [0, 0.05) is 17.8 Å². The van der Waals surface area contributed by atoms with Crippen molar-refractivity contribution in [3.63, 3.8) is 0 Å². The van der Waals surface area contributed by atoms with Crippen molar-refractivity contribution in [1.29, 1.82) is 0 Å². The van der Waals surface area contributed by atoms with Gasteiger partial charge < -0.3 is 5.73 Å². The predicted octanol–water partition coefficient (Wildman–Crippen LogP) is 1.80. The Morgan fingerprint density at radius 3 is 2.63 bits per heavy atom. The Bertz CT molecular complexity index is 566. The molecule has 0 radical (unpaired) electrons. The topological polar surface area (TPSA) is 74.6 Å². The highest BCUT2D eigenvalue weighted by atomic mass is 19.3. The highest BCUT2D eigenvalue weighted by Crippen LogP contribution is 2.26. The number of rotatable bonds is 3. The fraction of sp³-hybridized carbons (Fsp3) is 0.545. The first kappa shape index (κ1) is 13.4. The third-order valence-electron chi connectivity index (χ3n) is 2.72. The quantitative estimate of drug-likeness (QED) is 0.922. The van der Waals surface area contributed by atoms with Crippen molar-refractivity contribution >= 4 is 5.82 Å². The summed E-state index contributed by atoms with van der Waals surface area (Å²) in [6, 6.07) is 0. The van der Waals surface area contributed by atoms with E-state index in [4.69, 9.17) is 5.73 Å². The van der Waals surface area contributed by atoms with Gasteiger partial charge in [-0.25, -0.2) is 9.67 Å². The van der Waals surface area contributed by atoms with E-state index in [0.717, 1.165) is 4.57 Å². The average Bonchev–Trinajstić information content (AvgIpc) is 2.84. The Balaban J connectivity index is 2.37. The zero-order valence-corrected chi connectivity index (χ0v) is 11.0. The first-order valence-corrected chi connectivity index (χ1v) is 5.80. The minimum absolute atomic E-state index is 0.105. The van der Waals surface area contributed by atoms with E-state index in [1.54, 1.807) is 0 Å². The molecule has 0 saturated carbocycles. The van der Waals surface area contributed by atoms with Crippen LogP contribution in [-0.2, 0) is 12.0 Å². The highest BCUT2D eigenvalue weighted by Gasteiger charge is 2.25. The van der Waals surface area contributed by atoms with E-state index in [1.807, 2.05) is 20.8 Å². The molecule has 2 aromatic heterocycles. The molecule has 8 heteroatoms. The molecule has 0 aliphatic carbocycles. The van der Waals surface area contributed by atoms with Crippen LogP contribution in [0, 0.1) is 0 Å². The van der Waals surface area contributed by atoms with Crippen LogP contribution in [0.15, 0.2) is 12.4 Å². The summed E-state index contributed by atoms with van der Waals surface area (Å²) in [5, 5.41) is 7.71. The maximum absolute atomic E-state index is 12.8. The van der Waals surface area contributed by atoms with E-state index in [1.165, 1.54) is 17.1 Å². The molecule has 0 unspecified atom stereocenters. The fourth-order valence-corrected chi connectivity index (χ4v) is 1.99. The summed E-state index contributed by atoms with van der Waals surface area (Å²) in [4.78, 5) is 3.92. The molecule has 2 N–H and O–H groups in total. The number of hydrogen-bond donors (Lipinski definition) is 1. The van der Waals surface area contributed by atoms with Crippen LogP contribution in [0.5, 0.6) is 0 Å². The molecule has 0 amide bonds. The van der Waals surface area contributed by atoms with E-state index in [2.05, 4.69) is 15.3 Å². The van der Waals surface area contributed by atoms with Gasteiger partial charge in [0.05, 0.1) is 5.69 Å². The van der Waals surface area contributed by atoms with E-state index in [9.17, 15) is 8.78 Å². The number of imidazole rings is 1. The molecule has 2 rings (SSSR count). The van der Waals surface area contributed by atoms with Crippen LogP contribution in [0.4, 0.5) is 14.6 Å². The Morgan fingerprint density at radius 1 is 1.37 bits per heavy atom. The molecule has 0 fully saturated rings. The highest BCUT2D eigenvalue weighted by molar-refractivity contribution is 5.38. The van der Waals surface area contributed by atoms with Gasteiger partial charge in [-0.2, -0.15) is 8.78 Å². The summed E-state index contributed by atoms with van der Waals surface area (Å²) in [5.74, 6) is 0.521. The van der Waals surface area contributed by atoms with Crippen molar-refractivity contribution < 1.29 is 8.78 Å². The molecule has 0 spiro atoms. The van der Waals surface area contributed by atoms with Crippen LogP contribution in [-0.4, -0.2) is 24.5 Å². The zero-order chi connectivity index (χ0) is 14.2. The van der Waals surface area contributed by atoms with Gasteiger partial charge in [-0.3, -0.25) is 4.57 Å². The van der Waals surface area contributed by atoms with Gasteiger partial charge in [0.1, 0.15) is 12.4 Å². The lowest BCUT2D eigenvalue weighted by Crippen LogP contribution is -2.21. The number of nitrogens with two attached hydrogens (primary N) is 1. The summed E-state index contributed by atoms with van der Waals surface area (Å²) in [6.07, 6.45) is 2.57. The van der Waals surface area contributed by atoms with Crippen LogP contribution in [0.1, 0.15) is 38.8 Å². The smallest absolute Gasteiger partial charge is 0.319 e. The van der Waals surface area contributed by atoms with Crippen molar-refractivity contribution in [3.05, 3.63) is 23.9 Å². The first-order valence-electron chi connectivity index (χ1n) is 5.80. The molecule has 2 heterocycles. The number of nitrogens with zero attached hydrogens (tertiary/aromatic N) is 5. The summed E-state index contributed by atoms with van der Waals surface area (Å²) < 4.78 is 27.8. The third-order valence-corrected chi connectivity index (χ3v) is 2.72.